The first-order valence-electron chi connectivity index (χ1n) is 6.72. The molecule has 0 radical (unpaired) electrons. The summed E-state index contributed by atoms with van der Waals surface area (Å²) < 4.78 is 5.02. The zero-order chi connectivity index (χ0) is 15.2. The van der Waals surface area contributed by atoms with Crippen LogP contribution in [0.2, 0.25) is 0 Å². The smallest absolute Gasteiger partial charge is 0.341 e. The summed E-state index contributed by atoms with van der Waals surface area (Å²) in [5.41, 5.74) is 7.28. The van der Waals surface area contributed by atoms with Crippen LogP contribution < -0.4 is 11.1 Å². The molecule has 0 fully saturated rings. The topological polar surface area (TPSA) is 90.1 Å². The van der Waals surface area contributed by atoms with Gasteiger partial charge in [0.1, 0.15) is 11.4 Å². The Labute approximate surface area is 123 Å². The Balaban J connectivity index is 2.25. The first-order chi connectivity index (χ1) is 10.1. The summed E-state index contributed by atoms with van der Waals surface area (Å²) in [7, 11) is 0. The molecule has 0 aliphatic rings. The third-order valence-electron chi connectivity index (χ3n) is 2.89. The van der Waals surface area contributed by atoms with Gasteiger partial charge in [-0.1, -0.05) is 6.07 Å². The summed E-state index contributed by atoms with van der Waals surface area (Å²) in [6, 6.07) is 7.11. The van der Waals surface area contributed by atoms with Gasteiger partial charge in [0.25, 0.3) is 0 Å². The standard InChI is InChI=1S/C15H18N4O2/c1-3-21-15(20)12-8-11(16)9-18-14(12)19-10(2)13-6-4-5-7-17-13/h4-10H,3,16H2,1-2H3,(H,18,19). The number of pyridine rings is 2. The summed E-state index contributed by atoms with van der Waals surface area (Å²) in [4.78, 5) is 20.4. The van der Waals surface area contributed by atoms with E-state index in [1.807, 2.05) is 25.1 Å². The number of carbonyl (C=O) groups excluding carboxylic acids is 1. The quantitative estimate of drug-likeness (QED) is 0.820. The molecule has 2 heterocycles. The lowest BCUT2D eigenvalue weighted by Crippen LogP contribution is -2.15. The van der Waals surface area contributed by atoms with Gasteiger partial charge >= 0.3 is 5.97 Å². The van der Waals surface area contributed by atoms with Crippen LogP contribution in [0.1, 0.15) is 35.9 Å². The van der Waals surface area contributed by atoms with E-state index in [-0.39, 0.29) is 6.04 Å². The van der Waals surface area contributed by atoms with Crippen LogP contribution in [0.4, 0.5) is 11.5 Å². The van der Waals surface area contributed by atoms with Crippen molar-refractivity contribution in [1.82, 2.24) is 9.97 Å². The van der Waals surface area contributed by atoms with Crippen LogP contribution in [-0.4, -0.2) is 22.5 Å². The Morgan fingerprint density at radius 1 is 1.43 bits per heavy atom. The molecule has 0 saturated carbocycles. The lowest BCUT2D eigenvalue weighted by molar-refractivity contribution is 0.0527. The molecular formula is C15H18N4O2. The van der Waals surface area contributed by atoms with Crippen LogP contribution in [0.3, 0.4) is 0 Å². The van der Waals surface area contributed by atoms with Gasteiger partial charge in [0.15, 0.2) is 0 Å². The van der Waals surface area contributed by atoms with Crippen molar-refractivity contribution >= 4 is 17.5 Å². The van der Waals surface area contributed by atoms with Crippen molar-refractivity contribution in [2.45, 2.75) is 19.9 Å². The van der Waals surface area contributed by atoms with Gasteiger partial charge in [0, 0.05) is 6.20 Å². The Hall–Kier alpha value is -2.63. The van der Waals surface area contributed by atoms with E-state index < -0.39 is 5.97 Å². The predicted molar refractivity (Wildman–Crippen MR) is 80.9 cm³/mol. The Morgan fingerprint density at radius 3 is 2.90 bits per heavy atom. The van der Waals surface area contributed by atoms with E-state index in [2.05, 4.69) is 15.3 Å². The van der Waals surface area contributed by atoms with Crippen molar-refractivity contribution < 1.29 is 9.53 Å². The fourth-order valence-corrected chi connectivity index (χ4v) is 1.87. The summed E-state index contributed by atoms with van der Waals surface area (Å²) in [5.74, 6) is -0.0196. The molecule has 2 rings (SSSR count). The first-order valence-corrected chi connectivity index (χ1v) is 6.72. The van der Waals surface area contributed by atoms with Crippen molar-refractivity contribution in [2.75, 3.05) is 17.7 Å². The number of nitrogen functional groups attached to an aromatic ring is 1. The van der Waals surface area contributed by atoms with E-state index in [1.54, 1.807) is 19.2 Å². The number of hydrogen-bond donors (Lipinski definition) is 2. The zero-order valence-corrected chi connectivity index (χ0v) is 12.0. The molecule has 6 heteroatoms. The van der Waals surface area contributed by atoms with E-state index in [9.17, 15) is 4.79 Å². The molecule has 0 bridgehead atoms. The Bertz CT molecular complexity index is 616. The van der Waals surface area contributed by atoms with Crippen LogP contribution in [0, 0.1) is 0 Å². The maximum absolute atomic E-state index is 12.0. The van der Waals surface area contributed by atoms with Crippen LogP contribution in [0.15, 0.2) is 36.7 Å². The minimum absolute atomic E-state index is 0.101. The minimum atomic E-state index is -0.451. The second kappa shape index (κ2) is 6.69. The third kappa shape index (κ3) is 3.68. The van der Waals surface area contributed by atoms with Gasteiger partial charge in [0.05, 0.1) is 30.2 Å². The van der Waals surface area contributed by atoms with E-state index in [0.29, 0.717) is 23.7 Å². The fraction of sp³-hybridized carbons (Fsp3) is 0.267. The van der Waals surface area contributed by atoms with Crippen LogP contribution in [0.25, 0.3) is 0 Å². The van der Waals surface area contributed by atoms with E-state index in [4.69, 9.17) is 10.5 Å². The largest absolute Gasteiger partial charge is 0.462 e. The molecule has 3 N–H and O–H groups in total. The highest BCUT2D eigenvalue weighted by Gasteiger charge is 2.17. The molecule has 1 unspecified atom stereocenters. The number of carbonyl (C=O) groups is 1. The van der Waals surface area contributed by atoms with Crippen LogP contribution >= 0.6 is 0 Å². The highest BCUT2D eigenvalue weighted by atomic mass is 16.5. The molecule has 110 valence electrons. The summed E-state index contributed by atoms with van der Waals surface area (Å²) in [6.07, 6.45) is 3.21. The monoisotopic (exact) mass is 286 g/mol. The predicted octanol–water partition coefficient (Wildman–Crippen LogP) is 2.41. The molecule has 21 heavy (non-hydrogen) atoms. The van der Waals surface area contributed by atoms with E-state index in [1.165, 1.54) is 6.20 Å². The number of nitrogens with zero attached hydrogens (tertiary/aromatic N) is 2. The Kier molecular flexibility index (Phi) is 4.71. The lowest BCUT2D eigenvalue weighted by atomic mass is 10.2. The van der Waals surface area contributed by atoms with Gasteiger partial charge in [0.2, 0.25) is 0 Å². The van der Waals surface area contributed by atoms with Crippen LogP contribution in [0.5, 0.6) is 0 Å². The van der Waals surface area contributed by atoms with E-state index in [0.717, 1.165) is 5.69 Å². The van der Waals surface area contributed by atoms with Crippen molar-refractivity contribution in [1.29, 1.82) is 0 Å². The normalized spacial score (nSPS) is 11.7. The molecular weight excluding hydrogens is 268 g/mol. The van der Waals surface area contributed by atoms with Crippen LogP contribution in [-0.2, 0) is 4.74 Å². The second-order valence-electron chi connectivity index (χ2n) is 4.51. The number of esters is 1. The molecule has 0 aromatic carbocycles. The minimum Gasteiger partial charge on any atom is -0.462 e. The molecule has 2 aromatic heterocycles. The summed E-state index contributed by atoms with van der Waals surface area (Å²) >= 11 is 0. The van der Waals surface area contributed by atoms with Crippen molar-refractivity contribution in [3.05, 3.63) is 47.9 Å². The molecule has 0 saturated heterocycles. The number of nitrogens with one attached hydrogen (secondary N) is 1. The number of rotatable bonds is 5. The number of aromatic nitrogens is 2. The molecule has 6 nitrogen and oxygen atoms in total. The molecule has 1 atom stereocenters. The van der Waals surface area contributed by atoms with Gasteiger partial charge in [-0.05, 0) is 32.0 Å². The van der Waals surface area contributed by atoms with Gasteiger partial charge in [-0.2, -0.15) is 0 Å². The molecule has 0 amide bonds. The molecule has 0 spiro atoms. The number of ether oxygens (including phenoxy) is 1. The average Bonchev–Trinajstić information content (AvgIpc) is 2.50. The molecule has 0 aliphatic heterocycles. The molecule has 2 aromatic rings. The number of hydrogen-bond acceptors (Lipinski definition) is 6. The number of nitrogens with two attached hydrogens (primary N) is 1. The van der Waals surface area contributed by atoms with Crippen molar-refractivity contribution in [3.8, 4) is 0 Å². The van der Waals surface area contributed by atoms with Gasteiger partial charge in [-0.3, -0.25) is 4.98 Å². The average molecular weight is 286 g/mol. The van der Waals surface area contributed by atoms with Gasteiger partial charge in [-0.15, -0.1) is 0 Å². The van der Waals surface area contributed by atoms with E-state index >= 15 is 0 Å². The lowest BCUT2D eigenvalue weighted by Gasteiger charge is -2.16. The van der Waals surface area contributed by atoms with Gasteiger partial charge in [-0.25, -0.2) is 9.78 Å². The third-order valence-corrected chi connectivity index (χ3v) is 2.89. The second-order valence-corrected chi connectivity index (χ2v) is 4.51. The maximum Gasteiger partial charge on any atom is 0.341 e. The number of anilines is 2. The summed E-state index contributed by atoms with van der Waals surface area (Å²) in [5, 5.41) is 3.16. The van der Waals surface area contributed by atoms with Crippen molar-refractivity contribution in [3.63, 3.8) is 0 Å². The van der Waals surface area contributed by atoms with Crippen molar-refractivity contribution in [2.24, 2.45) is 0 Å². The highest BCUT2D eigenvalue weighted by Crippen LogP contribution is 2.21. The summed E-state index contributed by atoms with van der Waals surface area (Å²) in [6.45, 7) is 3.99. The molecule has 0 aliphatic carbocycles. The maximum atomic E-state index is 12.0. The highest BCUT2D eigenvalue weighted by molar-refractivity contribution is 5.95. The van der Waals surface area contributed by atoms with Gasteiger partial charge < -0.3 is 15.8 Å². The SMILES string of the molecule is CCOC(=O)c1cc(N)cnc1NC(C)c1ccccn1. The zero-order valence-electron chi connectivity index (χ0n) is 12.0. The fourth-order valence-electron chi connectivity index (χ4n) is 1.87. The Morgan fingerprint density at radius 2 is 2.24 bits per heavy atom. The first kappa shape index (κ1) is 14.8.